The summed E-state index contributed by atoms with van der Waals surface area (Å²) < 4.78 is 0. The van der Waals surface area contributed by atoms with Crippen molar-refractivity contribution in [2.24, 2.45) is 5.84 Å². The maximum atomic E-state index is 11.0. The van der Waals surface area contributed by atoms with Crippen LogP contribution < -0.4 is 11.3 Å². The number of hydrazine groups is 1. The molecule has 4 nitrogen and oxygen atoms in total. The number of likely N-dealkylation sites (N-methyl/N-ethyl adjacent to an activating group) is 1. The first-order chi connectivity index (χ1) is 4.42. The van der Waals surface area contributed by atoms with Crippen LogP contribution in [0, 0.1) is 0 Å². The number of nitrogens with two attached hydrogens (primary N) is 1. The molecule has 60 valence electrons. The molecule has 0 bridgehead atoms. The highest BCUT2D eigenvalue weighted by atomic mass is 16.2. The van der Waals surface area contributed by atoms with E-state index in [0.29, 0.717) is 0 Å². The SMILES string of the molecule is CN(C)C(C)(C)C(=O)NN. The summed E-state index contributed by atoms with van der Waals surface area (Å²) in [6.07, 6.45) is 0. The minimum Gasteiger partial charge on any atom is -0.296 e. The van der Waals surface area contributed by atoms with E-state index >= 15 is 0 Å². The van der Waals surface area contributed by atoms with E-state index in [4.69, 9.17) is 5.84 Å². The van der Waals surface area contributed by atoms with Crippen molar-refractivity contribution in [3.8, 4) is 0 Å². The smallest absolute Gasteiger partial charge is 0.253 e. The second-order valence-electron chi connectivity index (χ2n) is 2.93. The van der Waals surface area contributed by atoms with E-state index in [1.54, 1.807) is 18.7 Å². The predicted molar refractivity (Wildman–Crippen MR) is 40.1 cm³/mol. The second-order valence-corrected chi connectivity index (χ2v) is 2.93. The first kappa shape index (κ1) is 9.39. The largest absolute Gasteiger partial charge is 0.296 e. The lowest BCUT2D eigenvalue weighted by Crippen LogP contribution is -2.53. The molecule has 0 saturated carbocycles. The molecule has 0 aliphatic carbocycles. The fraction of sp³-hybridized carbons (Fsp3) is 0.833. The Morgan fingerprint density at radius 1 is 1.50 bits per heavy atom. The Labute approximate surface area is 61.3 Å². The van der Waals surface area contributed by atoms with Crippen LogP contribution in [-0.2, 0) is 4.79 Å². The van der Waals surface area contributed by atoms with Gasteiger partial charge in [-0.15, -0.1) is 0 Å². The molecule has 4 heteroatoms. The Morgan fingerprint density at radius 3 is 2.00 bits per heavy atom. The molecule has 0 aromatic rings. The fourth-order valence-corrected chi connectivity index (χ4v) is 0.380. The zero-order valence-corrected chi connectivity index (χ0v) is 6.93. The van der Waals surface area contributed by atoms with E-state index < -0.39 is 5.54 Å². The summed E-state index contributed by atoms with van der Waals surface area (Å²) in [5, 5.41) is 0. The van der Waals surface area contributed by atoms with Crippen molar-refractivity contribution in [1.82, 2.24) is 10.3 Å². The number of hydrogen-bond donors (Lipinski definition) is 2. The molecule has 0 atom stereocenters. The Bertz CT molecular complexity index is 131. The maximum absolute atomic E-state index is 11.0. The van der Waals surface area contributed by atoms with E-state index in [9.17, 15) is 4.79 Å². The topological polar surface area (TPSA) is 58.4 Å². The van der Waals surface area contributed by atoms with Gasteiger partial charge < -0.3 is 0 Å². The summed E-state index contributed by atoms with van der Waals surface area (Å²) in [4.78, 5) is 12.8. The summed E-state index contributed by atoms with van der Waals surface area (Å²) in [5.74, 6) is 4.79. The third-order valence-electron chi connectivity index (χ3n) is 1.80. The van der Waals surface area contributed by atoms with Crippen LogP contribution in [0.3, 0.4) is 0 Å². The molecule has 0 aliphatic rings. The monoisotopic (exact) mass is 145 g/mol. The lowest BCUT2D eigenvalue weighted by atomic mass is 10.0. The Kier molecular flexibility index (Phi) is 2.80. The molecule has 0 aromatic carbocycles. The van der Waals surface area contributed by atoms with Gasteiger partial charge in [0.1, 0.15) is 0 Å². The number of nitrogens with zero attached hydrogens (tertiary/aromatic N) is 1. The van der Waals surface area contributed by atoms with Gasteiger partial charge >= 0.3 is 0 Å². The zero-order chi connectivity index (χ0) is 8.36. The summed E-state index contributed by atoms with van der Waals surface area (Å²) in [6, 6.07) is 0. The molecule has 10 heavy (non-hydrogen) atoms. The Balaban J connectivity index is 4.24. The van der Waals surface area contributed by atoms with Gasteiger partial charge in [0.25, 0.3) is 5.91 Å². The van der Waals surface area contributed by atoms with Crippen LogP contribution in [0.15, 0.2) is 0 Å². The lowest BCUT2D eigenvalue weighted by molar-refractivity contribution is -0.130. The number of amides is 1. The quantitative estimate of drug-likeness (QED) is 0.307. The van der Waals surface area contributed by atoms with E-state index in [2.05, 4.69) is 5.43 Å². The average Bonchev–Trinajstić information content (AvgIpc) is 1.86. The van der Waals surface area contributed by atoms with Gasteiger partial charge in [-0.25, -0.2) is 5.84 Å². The molecule has 0 rings (SSSR count). The lowest BCUT2D eigenvalue weighted by Gasteiger charge is -2.29. The standard InChI is InChI=1S/C6H15N3O/c1-6(2,9(3)4)5(10)8-7/h7H2,1-4H3,(H,8,10). The van der Waals surface area contributed by atoms with Gasteiger partial charge in [-0.3, -0.25) is 15.1 Å². The Morgan fingerprint density at radius 2 is 1.90 bits per heavy atom. The van der Waals surface area contributed by atoms with Crippen LogP contribution in [0.1, 0.15) is 13.8 Å². The summed E-state index contributed by atoms with van der Waals surface area (Å²) in [7, 11) is 3.66. The van der Waals surface area contributed by atoms with Crippen molar-refractivity contribution in [2.75, 3.05) is 14.1 Å². The molecule has 0 heterocycles. The molecule has 3 N–H and O–H groups in total. The third kappa shape index (κ3) is 1.68. The molecule has 0 radical (unpaired) electrons. The molecule has 0 aliphatic heterocycles. The van der Waals surface area contributed by atoms with Crippen LogP contribution in [-0.4, -0.2) is 30.4 Å². The van der Waals surface area contributed by atoms with Crippen molar-refractivity contribution in [3.05, 3.63) is 0 Å². The first-order valence-electron chi connectivity index (χ1n) is 3.11. The number of carbonyl (C=O) groups is 1. The third-order valence-corrected chi connectivity index (χ3v) is 1.80. The highest BCUT2D eigenvalue weighted by molar-refractivity contribution is 5.84. The van der Waals surface area contributed by atoms with Crippen molar-refractivity contribution >= 4 is 5.91 Å². The average molecular weight is 145 g/mol. The molecule has 0 unspecified atom stereocenters. The van der Waals surface area contributed by atoms with Crippen LogP contribution in [0.2, 0.25) is 0 Å². The van der Waals surface area contributed by atoms with Crippen molar-refractivity contribution < 1.29 is 4.79 Å². The van der Waals surface area contributed by atoms with Crippen LogP contribution in [0.5, 0.6) is 0 Å². The molecule has 1 amide bonds. The molecule has 0 saturated heterocycles. The number of hydrogen-bond acceptors (Lipinski definition) is 3. The molecule has 0 fully saturated rings. The van der Waals surface area contributed by atoms with Crippen LogP contribution in [0.4, 0.5) is 0 Å². The molecular weight excluding hydrogens is 130 g/mol. The van der Waals surface area contributed by atoms with Gasteiger partial charge in [-0.1, -0.05) is 0 Å². The molecule has 0 aromatic heterocycles. The van der Waals surface area contributed by atoms with Gasteiger partial charge in [0.2, 0.25) is 0 Å². The van der Waals surface area contributed by atoms with Gasteiger partial charge in [0.05, 0.1) is 5.54 Å². The molecule has 0 spiro atoms. The normalized spacial score (nSPS) is 11.8. The minimum atomic E-state index is -0.533. The van der Waals surface area contributed by atoms with E-state index in [1.807, 2.05) is 14.1 Å². The molecular formula is C6H15N3O. The summed E-state index contributed by atoms with van der Waals surface area (Å²) in [5.41, 5.74) is 1.57. The van der Waals surface area contributed by atoms with Crippen LogP contribution in [0.25, 0.3) is 0 Å². The van der Waals surface area contributed by atoms with E-state index in [-0.39, 0.29) is 5.91 Å². The number of rotatable bonds is 2. The first-order valence-corrected chi connectivity index (χ1v) is 3.11. The van der Waals surface area contributed by atoms with Gasteiger partial charge in [0.15, 0.2) is 0 Å². The van der Waals surface area contributed by atoms with Crippen molar-refractivity contribution in [3.63, 3.8) is 0 Å². The highest BCUT2D eigenvalue weighted by Crippen LogP contribution is 2.08. The number of carbonyl (C=O) groups excluding carboxylic acids is 1. The predicted octanol–water partition coefficient (Wildman–Crippen LogP) is -0.683. The van der Waals surface area contributed by atoms with Crippen LogP contribution >= 0.6 is 0 Å². The highest BCUT2D eigenvalue weighted by Gasteiger charge is 2.28. The maximum Gasteiger partial charge on any atom is 0.253 e. The van der Waals surface area contributed by atoms with Crippen molar-refractivity contribution in [2.45, 2.75) is 19.4 Å². The van der Waals surface area contributed by atoms with Gasteiger partial charge in [0, 0.05) is 0 Å². The second kappa shape index (κ2) is 2.98. The Hall–Kier alpha value is -0.610. The van der Waals surface area contributed by atoms with Crippen molar-refractivity contribution in [1.29, 1.82) is 0 Å². The minimum absolute atomic E-state index is 0.183. The van der Waals surface area contributed by atoms with E-state index in [0.717, 1.165) is 0 Å². The summed E-state index contributed by atoms with van der Waals surface area (Å²) >= 11 is 0. The fourth-order valence-electron chi connectivity index (χ4n) is 0.380. The van der Waals surface area contributed by atoms with Gasteiger partial charge in [-0.05, 0) is 27.9 Å². The zero-order valence-electron chi connectivity index (χ0n) is 6.93. The van der Waals surface area contributed by atoms with E-state index in [1.165, 1.54) is 0 Å². The number of nitrogens with one attached hydrogen (secondary N) is 1. The van der Waals surface area contributed by atoms with Gasteiger partial charge in [-0.2, -0.15) is 0 Å². The summed E-state index contributed by atoms with van der Waals surface area (Å²) in [6.45, 7) is 3.60.